The molecule has 17 heavy (non-hydrogen) atoms. The smallest absolute Gasteiger partial charge is 0.132 e. The lowest BCUT2D eigenvalue weighted by Crippen LogP contribution is -2.07. The summed E-state index contributed by atoms with van der Waals surface area (Å²) in [5.74, 6) is -0.000949. The van der Waals surface area contributed by atoms with Crippen molar-refractivity contribution in [3.63, 3.8) is 0 Å². The van der Waals surface area contributed by atoms with Gasteiger partial charge in [0.25, 0.3) is 0 Å². The molecule has 1 rings (SSSR count). The number of aliphatic hydroxyl groups excluding tert-OH is 1. The maximum atomic E-state index is 13.5. The van der Waals surface area contributed by atoms with Crippen molar-refractivity contribution in [1.82, 2.24) is 0 Å². The van der Waals surface area contributed by atoms with Gasteiger partial charge in [-0.15, -0.1) is 0 Å². The van der Waals surface area contributed by atoms with E-state index in [0.717, 1.165) is 6.42 Å². The van der Waals surface area contributed by atoms with Crippen LogP contribution in [-0.4, -0.2) is 24.9 Å². The van der Waals surface area contributed by atoms with Gasteiger partial charge < -0.3 is 14.6 Å². The third-order valence-corrected chi connectivity index (χ3v) is 2.27. The van der Waals surface area contributed by atoms with Gasteiger partial charge in [0.15, 0.2) is 0 Å². The van der Waals surface area contributed by atoms with Crippen LogP contribution in [0, 0.1) is 5.82 Å². The number of halogens is 1. The maximum Gasteiger partial charge on any atom is 0.132 e. The quantitative estimate of drug-likeness (QED) is 0.747. The van der Waals surface area contributed by atoms with Crippen molar-refractivity contribution in [2.45, 2.75) is 26.4 Å². The number of rotatable bonds is 7. The Kier molecular flexibility index (Phi) is 5.94. The molecule has 0 aliphatic heterocycles. The fourth-order valence-corrected chi connectivity index (χ4v) is 1.40. The van der Waals surface area contributed by atoms with Crippen LogP contribution in [0.5, 0.6) is 5.75 Å². The Hall–Kier alpha value is -1.13. The van der Waals surface area contributed by atoms with Crippen LogP contribution in [-0.2, 0) is 4.74 Å². The van der Waals surface area contributed by atoms with Gasteiger partial charge in [0.05, 0.1) is 12.7 Å². The van der Waals surface area contributed by atoms with Gasteiger partial charge in [0.2, 0.25) is 0 Å². The van der Waals surface area contributed by atoms with Crippen molar-refractivity contribution in [1.29, 1.82) is 0 Å². The van der Waals surface area contributed by atoms with Gasteiger partial charge in [-0.1, -0.05) is 6.92 Å². The van der Waals surface area contributed by atoms with Gasteiger partial charge >= 0.3 is 0 Å². The maximum absolute atomic E-state index is 13.5. The molecule has 0 saturated carbocycles. The Bertz CT molecular complexity index is 339. The summed E-state index contributed by atoms with van der Waals surface area (Å²) < 4.78 is 24.0. The van der Waals surface area contributed by atoms with E-state index < -0.39 is 11.9 Å². The van der Waals surface area contributed by atoms with E-state index in [-0.39, 0.29) is 5.56 Å². The van der Waals surface area contributed by atoms with Crippen molar-refractivity contribution in [3.8, 4) is 5.75 Å². The zero-order valence-corrected chi connectivity index (χ0v) is 10.3. The first-order valence-electron chi connectivity index (χ1n) is 5.83. The van der Waals surface area contributed by atoms with Gasteiger partial charge in [-0.3, -0.25) is 0 Å². The molecule has 0 heterocycles. The third kappa shape index (κ3) is 4.71. The van der Waals surface area contributed by atoms with E-state index in [1.165, 1.54) is 19.1 Å². The van der Waals surface area contributed by atoms with Crippen molar-refractivity contribution in [2.24, 2.45) is 0 Å². The Labute approximate surface area is 101 Å². The number of hydrogen-bond donors (Lipinski definition) is 1. The Morgan fingerprint density at radius 1 is 1.29 bits per heavy atom. The highest BCUT2D eigenvalue weighted by Crippen LogP contribution is 2.21. The summed E-state index contributed by atoms with van der Waals surface area (Å²) in [6.45, 7) is 5.16. The number of ether oxygens (including phenoxy) is 2. The molecule has 0 aliphatic carbocycles. The summed E-state index contributed by atoms with van der Waals surface area (Å²) in [5.41, 5.74) is 0.277. The van der Waals surface area contributed by atoms with Crippen LogP contribution in [0.15, 0.2) is 18.2 Å². The molecule has 1 N–H and O–H groups in total. The third-order valence-electron chi connectivity index (χ3n) is 2.27. The van der Waals surface area contributed by atoms with Crippen molar-refractivity contribution in [3.05, 3.63) is 29.6 Å². The largest absolute Gasteiger partial charge is 0.491 e. The molecule has 0 aliphatic rings. The Morgan fingerprint density at radius 3 is 2.65 bits per heavy atom. The normalized spacial score (nSPS) is 12.5. The van der Waals surface area contributed by atoms with Gasteiger partial charge in [-0.2, -0.15) is 0 Å². The SMILES string of the molecule is CCCOCCOc1ccc([C@H](C)O)c(F)c1. The second-order valence-electron chi connectivity index (χ2n) is 3.82. The van der Waals surface area contributed by atoms with Crippen LogP contribution in [0.3, 0.4) is 0 Å². The molecule has 0 bridgehead atoms. The van der Waals surface area contributed by atoms with Crippen LogP contribution in [0.2, 0.25) is 0 Å². The summed E-state index contributed by atoms with van der Waals surface area (Å²) in [6.07, 6.45) is 0.162. The first kappa shape index (κ1) is 13.9. The standard InChI is InChI=1S/C13H19FO3/c1-3-6-16-7-8-17-11-4-5-12(10(2)15)13(14)9-11/h4-5,9-10,15H,3,6-8H2,1-2H3/t10-/m0/s1. The zero-order chi connectivity index (χ0) is 12.7. The van der Waals surface area contributed by atoms with Crippen molar-refractivity contribution in [2.75, 3.05) is 19.8 Å². The topological polar surface area (TPSA) is 38.7 Å². The van der Waals surface area contributed by atoms with Crippen LogP contribution in [0.1, 0.15) is 31.9 Å². The summed E-state index contributed by atoms with van der Waals surface area (Å²) in [5, 5.41) is 9.27. The Balaban J connectivity index is 2.42. The lowest BCUT2D eigenvalue weighted by Gasteiger charge is -2.10. The predicted octanol–water partition coefficient (Wildman–Crippen LogP) is 2.68. The second kappa shape index (κ2) is 7.25. The molecule has 0 unspecified atom stereocenters. The summed E-state index contributed by atoms with van der Waals surface area (Å²) in [6, 6.07) is 4.45. The van der Waals surface area contributed by atoms with E-state index in [1.54, 1.807) is 6.07 Å². The molecule has 4 heteroatoms. The highest BCUT2D eigenvalue weighted by molar-refractivity contribution is 5.29. The monoisotopic (exact) mass is 242 g/mol. The van der Waals surface area contributed by atoms with Gasteiger partial charge in [0, 0.05) is 18.2 Å². The molecular formula is C13H19FO3. The zero-order valence-electron chi connectivity index (χ0n) is 10.3. The first-order chi connectivity index (χ1) is 8.15. The van der Waals surface area contributed by atoms with Crippen LogP contribution < -0.4 is 4.74 Å². The first-order valence-corrected chi connectivity index (χ1v) is 5.83. The van der Waals surface area contributed by atoms with E-state index >= 15 is 0 Å². The Morgan fingerprint density at radius 2 is 2.06 bits per heavy atom. The summed E-state index contributed by atoms with van der Waals surface area (Å²) in [7, 11) is 0. The molecule has 0 radical (unpaired) electrons. The molecule has 0 saturated heterocycles. The molecule has 1 aromatic rings. The molecule has 1 aromatic carbocycles. The minimum absolute atomic E-state index is 0.277. The summed E-state index contributed by atoms with van der Waals surface area (Å²) >= 11 is 0. The molecule has 96 valence electrons. The average molecular weight is 242 g/mol. The van der Waals surface area contributed by atoms with E-state index in [4.69, 9.17) is 9.47 Å². The van der Waals surface area contributed by atoms with Crippen LogP contribution >= 0.6 is 0 Å². The fraction of sp³-hybridized carbons (Fsp3) is 0.538. The van der Waals surface area contributed by atoms with Crippen LogP contribution in [0.25, 0.3) is 0 Å². The van der Waals surface area contributed by atoms with Gasteiger partial charge in [0.1, 0.15) is 18.2 Å². The highest BCUT2D eigenvalue weighted by atomic mass is 19.1. The fourth-order valence-electron chi connectivity index (χ4n) is 1.40. The molecule has 0 amide bonds. The molecule has 1 atom stereocenters. The second-order valence-corrected chi connectivity index (χ2v) is 3.82. The molecular weight excluding hydrogens is 223 g/mol. The molecule has 0 spiro atoms. The van der Waals surface area contributed by atoms with Crippen molar-refractivity contribution < 1.29 is 19.0 Å². The minimum Gasteiger partial charge on any atom is -0.491 e. The van der Waals surface area contributed by atoms with E-state index in [2.05, 4.69) is 0 Å². The molecule has 0 fully saturated rings. The lowest BCUT2D eigenvalue weighted by molar-refractivity contribution is 0.100. The predicted molar refractivity (Wildman–Crippen MR) is 63.6 cm³/mol. The molecule has 0 aromatic heterocycles. The van der Waals surface area contributed by atoms with E-state index in [0.29, 0.717) is 25.6 Å². The van der Waals surface area contributed by atoms with Crippen LogP contribution in [0.4, 0.5) is 4.39 Å². The van der Waals surface area contributed by atoms with Gasteiger partial charge in [-0.25, -0.2) is 4.39 Å². The number of benzene rings is 1. The highest BCUT2D eigenvalue weighted by Gasteiger charge is 2.08. The average Bonchev–Trinajstić information content (AvgIpc) is 2.28. The number of hydrogen-bond acceptors (Lipinski definition) is 3. The van der Waals surface area contributed by atoms with E-state index in [9.17, 15) is 9.50 Å². The minimum atomic E-state index is -0.808. The summed E-state index contributed by atoms with van der Waals surface area (Å²) in [4.78, 5) is 0. The molecule has 3 nitrogen and oxygen atoms in total. The van der Waals surface area contributed by atoms with Gasteiger partial charge in [-0.05, 0) is 25.5 Å². The lowest BCUT2D eigenvalue weighted by atomic mass is 10.1. The number of aliphatic hydroxyl groups is 1. The van der Waals surface area contributed by atoms with Crippen molar-refractivity contribution >= 4 is 0 Å². The van der Waals surface area contributed by atoms with E-state index in [1.807, 2.05) is 6.92 Å².